The van der Waals surface area contributed by atoms with E-state index in [0.29, 0.717) is 12.0 Å². The molecule has 2 aliphatic rings. The standard InChI is InChI=1S/C14H25N5/c1-10-5-11(2)12(13(15)6-10)7-18-3-4-19-9-16-17-14(19)8-18/h9-13H,3-8,15H2,1-2H3. The van der Waals surface area contributed by atoms with Gasteiger partial charge in [0.15, 0.2) is 0 Å². The molecule has 106 valence electrons. The zero-order valence-corrected chi connectivity index (χ0v) is 12.0. The summed E-state index contributed by atoms with van der Waals surface area (Å²) >= 11 is 0. The molecule has 4 unspecified atom stereocenters. The lowest BCUT2D eigenvalue weighted by atomic mass is 9.72. The summed E-state index contributed by atoms with van der Waals surface area (Å²) in [5, 5.41) is 8.18. The molecule has 0 bridgehead atoms. The molecular formula is C14H25N5. The zero-order chi connectivity index (χ0) is 13.4. The molecular weight excluding hydrogens is 238 g/mol. The van der Waals surface area contributed by atoms with E-state index in [0.717, 1.165) is 43.8 Å². The van der Waals surface area contributed by atoms with Gasteiger partial charge in [-0.15, -0.1) is 10.2 Å². The molecule has 1 saturated carbocycles. The highest BCUT2D eigenvalue weighted by Gasteiger charge is 2.33. The second-order valence-electron chi connectivity index (χ2n) is 6.56. The van der Waals surface area contributed by atoms with Gasteiger partial charge in [0, 0.05) is 25.7 Å². The second kappa shape index (κ2) is 5.21. The van der Waals surface area contributed by atoms with Crippen LogP contribution in [-0.2, 0) is 13.1 Å². The number of aromatic nitrogens is 3. The minimum Gasteiger partial charge on any atom is -0.327 e. The van der Waals surface area contributed by atoms with Crippen LogP contribution in [0.15, 0.2) is 6.33 Å². The van der Waals surface area contributed by atoms with E-state index in [1.54, 1.807) is 0 Å². The molecule has 4 atom stereocenters. The smallest absolute Gasteiger partial charge is 0.147 e. The van der Waals surface area contributed by atoms with Crippen LogP contribution in [0.3, 0.4) is 0 Å². The Balaban J connectivity index is 1.63. The van der Waals surface area contributed by atoms with Gasteiger partial charge in [0.1, 0.15) is 12.2 Å². The van der Waals surface area contributed by atoms with Crippen LogP contribution in [0.1, 0.15) is 32.5 Å². The van der Waals surface area contributed by atoms with Crippen LogP contribution in [0, 0.1) is 17.8 Å². The Morgan fingerprint density at radius 3 is 2.95 bits per heavy atom. The molecule has 3 rings (SSSR count). The maximum Gasteiger partial charge on any atom is 0.147 e. The van der Waals surface area contributed by atoms with Gasteiger partial charge in [-0.05, 0) is 30.6 Å². The molecule has 0 aromatic carbocycles. The van der Waals surface area contributed by atoms with E-state index in [1.807, 2.05) is 6.33 Å². The van der Waals surface area contributed by atoms with Gasteiger partial charge in [0.25, 0.3) is 0 Å². The Morgan fingerprint density at radius 2 is 2.16 bits per heavy atom. The summed E-state index contributed by atoms with van der Waals surface area (Å²) in [5.41, 5.74) is 6.39. The van der Waals surface area contributed by atoms with Gasteiger partial charge >= 0.3 is 0 Å². The molecule has 2 heterocycles. The summed E-state index contributed by atoms with van der Waals surface area (Å²) in [5.74, 6) is 3.24. The normalized spacial score (nSPS) is 36.2. The molecule has 1 aromatic rings. The molecule has 1 aliphatic heterocycles. The van der Waals surface area contributed by atoms with Crippen LogP contribution < -0.4 is 5.73 Å². The molecule has 1 fully saturated rings. The van der Waals surface area contributed by atoms with E-state index < -0.39 is 0 Å². The van der Waals surface area contributed by atoms with Gasteiger partial charge in [-0.2, -0.15) is 0 Å². The largest absolute Gasteiger partial charge is 0.327 e. The molecule has 5 nitrogen and oxygen atoms in total. The number of nitrogens with zero attached hydrogens (tertiary/aromatic N) is 4. The van der Waals surface area contributed by atoms with Crippen LogP contribution in [-0.4, -0.2) is 38.8 Å². The number of hydrogen-bond donors (Lipinski definition) is 1. The maximum atomic E-state index is 6.39. The molecule has 0 saturated heterocycles. The van der Waals surface area contributed by atoms with Crippen molar-refractivity contribution in [2.75, 3.05) is 13.1 Å². The molecule has 2 N–H and O–H groups in total. The predicted molar refractivity (Wildman–Crippen MR) is 74.3 cm³/mol. The monoisotopic (exact) mass is 263 g/mol. The van der Waals surface area contributed by atoms with E-state index in [1.165, 1.54) is 12.8 Å². The lowest BCUT2D eigenvalue weighted by molar-refractivity contribution is 0.101. The fraction of sp³-hybridized carbons (Fsp3) is 0.857. The summed E-state index contributed by atoms with van der Waals surface area (Å²) in [4.78, 5) is 2.50. The second-order valence-corrected chi connectivity index (χ2v) is 6.56. The average molecular weight is 263 g/mol. The molecule has 0 radical (unpaired) electrons. The predicted octanol–water partition coefficient (Wildman–Crippen LogP) is 1.10. The van der Waals surface area contributed by atoms with Crippen LogP contribution >= 0.6 is 0 Å². The van der Waals surface area contributed by atoms with Gasteiger partial charge in [-0.1, -0.05) is 13.8 Å². The SMILES string of the molecule is CC1CC(C)C(CN2CCn3cnnc3C2)C(N)C1. The Labute approximate surface area is 115 Å². The average Bonchev–Trinajstić information content (AvgIpc) is 2.81. The summed E-state index contributed by atoms with van der Waals surface area (Å²) in [6, 6.07) is 0.360. The maximum absolute atomic E-state index is 6.39. The number of hydrogen-bond acceptors (Lipinski definition) is 4. The third-order valence-electron chi connectivity index (χ3n) is 4.92. The Hall–Kier alpha value is -0.940. The highest BCUT2D eigenvalue weighted by atomic mass is 15.3. The van der Waals surface area contributed by atoms with Gasteiger partial charge in [-0.3, -0.25) is 4.90 Å². The van der Waals surface area contributed by atoms with E-state index in [9.17, 15) is 0 Å². The third kappa shape index (κ3) is 2.67. The molecule has 5 heteroatoms. The lowest BCUT2D eigenvalue weighted by Crippen LogP contribution is -2.48. The van der Waals surface area contributed by atoms with Crippen LogP contribution in [0.25, 0.3) is 0 Å². The highest BCUT2D eigenvalue weighted by Crippen LogP contribution is 2.33. The van der Waals surface area contributed by atoms with Gasteiger partial charge in [0.05, 0.1) is 6.54 Å². The first kappa shape index (κ1) is 13.1. The van der Waals surface area contributed by atoms with E-state index in [-0.39, 0.29) is 0 Å². The molecule has 0 amide bonds. The third-order valence-corrected chi connectivity index (χ3v) is 4.92. The summed E-state index contributed by atoms with van der Waals surface area (Å²) < 4.78 is 2.16. The molecule has 19 heavy (non-hydrogen) atoms. The number of rotatable bonds is 2. The van der Waals surface area contributed by atoms with Crippen molar-refractivity contribution >= 4 is 0 Å². The van der Waals surface area contributed by atoms with Crippen molar-refractivity contribution in [1.82, 2.24) is 19.7 Å². The zero-order valence-electron chi connectivity index (χ0n) is 12.0. The summed E-state index contributed by atoms with van der Waals surface area (Å²) in [6.07, 6.45) is 4.34. The fourth-order valence-electron chi connectivity index (χ4n) is 3.85. The Kier molecular flexibility index (Phi) is 3.58. The topological polar surface area (TPSA) is 60.0 Å². The van der Waals surface area contributed by atoms with E-state index in [2.05, 4.69) is 33.5 Å². The first-order valence-electron chi connectivity index (χ1n) is 7.48. The summed E-state index contributed by atoms with van der Waals surface area (Å²) in [6.45, 7) is 8.83. The summed E-state index contributed by atoms with van der Waals surface area (Å²) in [7, 11) is 0. The van der Waals surface area contributed by atoms with Crippen molar-refractivity contribution in [3.8, 4) is 0 Å². The van der Waals surface area contributed by atoms with Crippen molar-refractivity contribution in [3.63, 3.8) is 0 Å². The van der Waals surface area contributed by atoms with E-state index in [4.69, 9.17) is 5.73 Å². The number of fused-ring (bicyclic) bond motifs is 1. The van der Waals surface area contributed by atoms with Gasteiger partial charge < -0.3 is 10.3 Å². The van der Waals surface area contributed by atoms with Gasteiger partial charge in [0.2, 0.25) is 0 Å². The lowest BCUT2D eigenvalue weighted by Gasteiger charge is -2.41. The van der Waals surface area contributed by atoms with Crippen molar-refractivity contribution in [1.29, 1.82) is 0 Å². The first-order valence-corrected chi connectivity index (χ1v) is 7.48. The van der Waals surface area contributed by atoms with Crippen molar-refractivity contribution in [2.24, 2.45) is 23.5 Å². The van der Waals surface area contributed by atoms with Crippen molar-refractivity contribution < 1.29 is 0 Å². The Morgan fingerprint density at radius 1 is 1.32 bits per heavy atom. The first-order chi connectivity index (χ1) is 9.13. The minimum atomic E-state index is 0.360. The van der Waals surface area contributed by atoms with Crippen molar-refractivity contribution in [3.05, 3.63) is 12.2 Å². The highest BCUT2D eigenvalue weighted by molar-refractivity contribution is 4.93. The molecule has 1 aromatic heterocycles. The van der Waals surface area contributed by atoms with Crippen LogP contribution in [0.2, 0.25) is 0 Å². The van der Waals surface area contributed by atoms with Crippen molar-refractivity contribution in [2.45, 2.75) is 45.8 Å². The minimum absolute atomic E-state index is 0.360. The van der Waals surface area contributed by atoms with E-state index >= 15 is 0 Å². The van der Waals surface area contributed by atoms with Gasteiger partial charge in [-0.25, -0.2) is 0 Å². The molecule has 0 spiro atoms. The fourth-order valence-corrected chi connectivity index (χ4v) is 3.85. The Bertz CT molecular complexity index is 417. The molecule has 1 aliphatic carbocycles. The van der Waals surface area contributed by atoms with Crippen LogP contribution in [0.4, 0.5) is 0 Å². The quantitative estimate of drug-likeness (QED) is 0.868. The van der Waals surface area contributed by atoms with Crippen LogP contribution in [0.5, 0.6) is 0 Å². The number of nitrogens with two attached hydrogens (primary N) is 1.